The summed E-state index contributed by atoms with van der Waals surface area (Å²) in [4.78, 5) is 6.13. The minimum Gasteiger partial charge on any atom is -0.469 e. The standard InChI is InChI=1S/C14H20N2OS/c1-9-10(6-7-17-9)13-16-12(14(2,3)4)11(18-13)8-15-5/h6-7,15H,8H2,1-5H3. The van der Waals surface area contributed by atoms with Crippen LogP contribution in [0.4, 0.5) is 0 Å². The first-order valence-electron chi connectivity index (χ1n) is 6.12. The molecule has 0 aromatic carbocycles. The second kappa shape index (κ2) is 4.86. The first kappa shape index (κ1) is 13.3. The highest BCUT2D eigenvalue weighted by molar-refractivity contribution is 7.15. The van der Waals surface area contributed by atoms with Crippen LogP contribution in [-0.4, -0.2) is 12.0 Å². The van der Waals surface area contributed by atoms with Gasteiger partial charge in [-0.25, -0.2) is 4.98 Å². The van der Waals surface area contributed by atoms with Crippen LogP contribution in [0.25, 0.3) is 10.6 Å². The van der Waals surface area contributed by atoms with Gasteiger partial charge >= 0.3 is 0 Å². The summed E-state index contributed by atoms with van der Waals surface area (Å²) in [7, 11) is 1.97. The van der Waals surface area contributed by atoms with E-state index in [4.69, 9.17) is 9.40 Å². The number of rotatable bonds is 3. The normalized spacial score (nSPS) is 12.1. The summed E-state index contributed by atoms with van der Waals surface area (Å²) >= 11 is 1.75. The Labute approximate surface area is 112 Å². The van der Waals surface area contributed by atoms with E-state index in [9.17, 15) is 0 Å². The first-order chi connectivity index (χ1) is 8.43. The highest BCUT2D eigenvalue weighted by atomic mass is 32.1. The van der Waals surface area contributed by atoms with Crippen molar-refractivity contribution in [2.75, 3.05) is 7.05 Å². The van der Waals surface area contributed by atoms with Crippen LogP contribution < -0.4 is 5.32 Å². The molecule has 2 heterocycles. The van der Waals surface area contributed by atoms with Crippen molar-refractivity contribution in [3.8, 4) is 10.6 Å². The molecule has 0 aliphatic heterocycles. The summed E-state index contributed by atoms with van der Waals surface area (Å²) in [6, 6.07) is 1.99. The van der Waals surface area contributed by atoms with Gasteiger partial charge in [0.2, 0.25) is 0 Å². The Morgan fingerprint density at radius 1 is 1.39 bits per heavy atom. The molecule has 98 valence electrons. The van der Waals surface area contributed by atoms with Crippen molar-refractivity contribution in [3.05, 3.63) is 28.7 Å². The van der Waals surface area contributed by atoms with Gasteiger partial charge in [0.25, 0.3) is 0 Å². The quantitative estimate of drug-likeness (QED) is 0.918. The van der Waals surface area contributed by atoms with E-state index in [2.05, 4.69) is 26.1 Å². The van der Waals surface area contributed by atoms with Crippen molar-refractivity contribution in [2.45, 2.75) is 39.7 Å². The summed E-state index contributed by atoms with van der Waals surface area (Å²) in [5, 5.41) is 4.27. The third-order valence-electron chi connectivity index (χ3n) is 2.83. The number of aryl methyl sites for hydroxylation is 1. The van der Waals surface area contributed by atoms with E-state index in [-0.39, 0.29) is 5.41 Å². The summed E-state index contributed by atoms with van der Waals surface area (Å²) in [5.41, 5.74) is 2.35. The average Bonchev–Trinajstić information content (AvgIpc) is 2.83. The molecular formula is C14H20N2OS. The third-order valence-corrected chi connectivity index (χ3v) is 3.92. The Kier molecular flexibility index (Phi) is 3.59. The van der Waals surface area contributed by atoms with E-state index in [1.807, 2.05) is 20.0 Å². The molecule has 2 aromatic rings. The molecule has 18 heavy (non-hydrogen) atoms. The van der Waals surface area contributed by atoms with Crippen LogP contribution in [0.15, 0.2) is 16.7 Å². The molecule has 0 saturated heterocycles. The number of hydrogen-bond acceptors (Lipinski definition) is 4. The van der Waals surface area contributed by atoms with Crippen LogP contribution in [0, 0.1) is 6.92 Å². The smallest absolute Gasteiger partial charge is 0.127 e. The lowest BCUT2D eigenvalue weighted by Crippen LogP contribution is -2.16. The van der Waals surface area contributed by atoms with Crippen molar-refractivity contribution < 1.29 is 4.42 Å². The third kappa shape index (κ3) is 2.49. The monoisotopic (exact) mass is 264 g/mol. The number of nitrogens with one attached hydrogen (secondary N) is 1. The maximum absolute atomic E-state index is 5.36. The molecule has 2 rings (SSSR count). The van der Waals surface area contributed by atoms with Crippen LogP contribution in [0.3, 0.4) is 0 Å². The molecule has 0 bridgehead atoms. The van der Waals surface area contributed by atoms with Crippen LogP contribution in [0.2, 0.25) is 0 Å². The number of furan rings is 1. The molecule has 3 nitrogen and oxygen atoms in total. The van der Waals surface area contributed by atoms with Gasteiger partial charge in [-0.15, -0.1) is 11.3 Å². The molecule has 0 atom stereocenters. The minimum atomic E-state index is 0.0680. The molecule has 0 aliphatic carbocycles. The lowest BCUT2D eigenvalue weighted by molar-refractivity contribution is 0.535. The fourth-order valence-corrected chi connectivity index (χ4v) is 3.30. The second-order valence-electron chi connectivity index (χ2n) is 5.46. The molecule has 0 fully saturated rings. The zero-order valence-corrected chi connectivity index (χ0v) is 12.4. The topological polar surface area (TPSA) is 38.1 Å². The highest BCUT2D eigenvalue weighted by Gasteiger charge is 2.24. The molecule has 0 spiro atoms. The summed E-state index contributed by atoms with van der Waals surface area (Å²) in [5.74, 6) is 0.931. The van der Waals surface area contributed by atoms with Gasteiger partial charge in [-0.2, -0.15) is 0 Å². The molecule has 0 saturated carbocycles. The van der Waals surface area contributed by atoms with Gasteiger partial charge in [-0.3, -0.25) is 0 Å². The zero-order valence-electron chi connectivity index (χ0n) is 11.6. The van der Waals surface area contributed by atoms with Crippen LogP contribution >= 0.6 is 11.3 Å². The maximum Gasteiger partial charge on any atom is 0.127 e. The fraction of sp³-hybridized carbons (Fsp3) is 0.500. The molecule has 0 unspecified atom stereocenters. The van der Waals surface area contributed by atoms with Gasteiger partial charge in [0.05, 0.1) is 17.5 Å². The summed E-state index contributed by atoms with van der Waals surface area (Å²) < 4.78 is 5.36. The highest BCUT2D eigenvalue weighted by Crippen LogP contribution is 2.35. The number of aromatic nitrogens is 1. The van der Waals surface area contributed by atoms with Crippen LogP contribution in [0.1, 0.15) is 37.1 Å². The SMILES string of the molecule is CNCc1sc(-c2ccoc2C)nc1C(C)(C)C. The first-order valence-corrected chi connectivity index (χ1v) is 6.94. The second-order valence-corrected chi connectivity index (χ2v) is 6.55. The van der Waals surface area contributed by atoms with E-state index in [0.29, 0.717) is 0 Å². The Hall–Kier alpha value is -1.13. The number of nitrogens with zero attached hydrogens (tertiary/aromatic N) is 1. The average molecular weight is 264 g/mol. The van der Waals surface area contributed by atoms with Gasteiger partial charge in [0.1, 0.15) is 10.8 Å². The van der Waals surface area contributed by atoms with Crippen molar-refractivity contribution in [3.63, 3.8) is 0 Å². The van der Waals surface area contributed by atoms with Gasteiger partial charge in [0.15, 0.2) is 0 Å². The van der Waals surface area contributed by atoms with Crippen molar-refractivity contribution in [1.29, 1.82) is 0 Å². The van der Waals surface area contributed by atoms with Gasteiger partial charge < -0.3 is 9.73 Å². The molecule has 4 heteroatoms. The molecule has 2 aromatic heterocycles. The Balaban J connectivity index is 2.49. The van der Waals surface area contributed by atoms with E-state index in [1.54, 1.807) is 17.6 Å². The molecule has 0 aliphatic rings. The summed E-state index contributed by atoms with van der Waals surface area (Å²) in [6.45, 7) is 9.44. The Morgan fingerprint density at radius 2 is 2.11 bits per heavy atom. The maximum atomic E-state index is 5.36. The lowest BCUT2D eigenvalue weighted by Gasteiger charge is -2.17. The predicted octanol–water partition coefficient (Wildman–Crippen LogP) is 3.73. The Morgan fingerprint density at radius 3 is 2.61 bits per heavy atom. The molecule has 0 amide bonds. The molecule has 0 radical (unpaired) electrons. The zero-order chi connectivity index (χ0) is 13.3. The van der Waals surface area contributed by atoms with E-state index in [1.165, 1.54) is 10.6 Å². The van der Waals surface area contributed by atoms with Crippen LogP contribution in [0.5, 0.6) is 0 Å². The van der Waals surface area contributed by atoms with E-state index in [0.717, 1.165) is 22.9 Å². The number of thiazole rings is 1. The lowest BCUT2D eigenvalue weighted by atomic mass is 9.91. The van der Waals surface area contributed by atoms with Gasteiger partial charge in [-0.05, 0) is 20.0 Å². The molecular weight excluding hydrogens is 244 g/mol. The summed E-state index contributed by atoms with van der Waals surface area (Å²) in [6.07, 6.45) is 1.72. The van der Waals surface area contributed by atoms with E-state index >= 15 is 0 Å². The fourth-order valence-electron chi connectivity index (χ4n) is 1.94. The minimum absolute atomic E-state index is 0.0680. The van der Waals surface area contributed by atoms with Gasteiger partial charge in [0, 0.05) is 16.8 Å². The van der Waals surface area contributed by atoms with Crippen LogP contribution in [-0.2, 0) is 12.0 Å². The predicted molar refractivity (Wildman–Crippen MR) is 76.0 cm³/mol. The van der Waals surface area contributed by atoms with E-state index < -0.39 is 0 Å². The molecule has 1 N–H and O–H groups in total. The van der Waals surface area contributed by atoms with Crippen molar-refractivity contribution in [1.82, 2.24) is 10.3 Å². The number of hydrogen-bond donors (Lipinski definition) is 1. The van der Waals surface area contributed by atoms with Crippen molar-refractivity contribution >= 4 is 11.3 Å². The largest absolute Gasteiger partial charge is 0.469 e. The van der Waals surface area contributed by atoms with Gasteiger partial charge in [-0.1, -0.05) is 20.8 Å². The Bertz CT molecular complexity index is 534. The van der Waals surface area contributed by atoms with Crippen molar-refractivity contribution in [2.24, 2.45) is 0 Å².